The lowest BCUT2D eigenvalue weighted by atomic mass is 10.00. The molecule has 0 saturated carbocycles. The van der Waals surface area contributed by atoms with Gasteiger partial charge in [-0.25, -0.2) is 9.13 Å². The van der Waals surface area contributed by atoms with E-state index in [1.54, 1.807) is 0 Å². The minimum atomic E-state index is -4.96. The molecule has 0 bridgehead atoms. The Bertz CT molecular complexity index is 1870. The van der Waals surface area contributed by atoms with Crippen LogP contribution in [-0.2, 0) is 65.4 Å². The van der Waals surface area contributed by atoms with Gasteiger partial charge in [-0.15, -0.1) is 0 Å². The van der Waals surface area contributed by atoms with Gasteiger partial charge in [-0.1, -0.05) is 331 Å². The monoisotopic (exact) mass is 1400 g/mol. The van der Waals surface area contributed by atoms with Crippen molar-refractivity contribution in [3.63, 3.8) is 0 Å². The minimum Gasteiger partial charge on any atom is -0.462 e. The summed E-state index contributed by atoms with van der Waals surface area (Å²) in [7, 11) is -9.91. The number of carbonyl (C=O) groups excluding carboxylic acids is 4. The molecule has 17 nitrogen and oxygen atoms in total. The molecule has 0 fully saturated rings. The fraction of sp³-hybridized carbons (Fsp3) is 0.947. The SMILES string of the molecule is CCC(C)CCCCCCCCC(=O)O[C@H](COC(=O)CCCCCCCCCCCCCCCCC(C)C)COP(=O)(O)OCC(O)COP(=O)(O)OC[C@@H](COC(=O)CCCCCCCCCC(C)C)OC(=O)CCCCCCCCCCCCCCCCCC(C)C. The number of aliphatic hydroxyl groups excluding tert-OH is 1. The van der Waals surface area contributed by atoms with E-state index in [-0.39, 0.29) is 25.7 Å². The molecule has 0 aromatic rings. The number of carbonyl (C=O) groups is 4. The van der Waals surface area contributed by atoms with Crippen LogP contribution in [0.3, 0.4) is 0 Å². The number of rotatable bonds is 73. The summed E-state index contributed by atoms with van der Waals surface area (Å²) in [5.41, 5.74) is 0. The van der Waals surface area contributed by atoms with Gasteiger partial charge in [0.05, 0.1) is 26.4 Å². The molecule has 0 saturated heterocycles. The van der Waals surface area contributed by atoms with Crippen LogP contribution in [0.25, 0.3) is 0 Å². The molecule has 95 heavy (non-hydrogen) atoms. The first-order valence-corrected chi connectivity index (χ1v) is 42.2. The largest absolute Gasteiger partial charge is 0.472 e. The van der Waals surface area contributed by atoms with Crippen LogP contribution in [0.2, 0.25) is 0 Å². The van der Waals surface area contributed by atoms with Crippen molar-refractivity contribution in [2.75, 3.05) is 39.6 Å². The lowest BCUT2D eigenvalue weighted by Gasteiger charge is -2.21. The highest BCUT2D eigenvalue weighted by molar-refractivity contribution is 7.47. The van der Waals surface area contributed by atoms with Gasteiger partial charge in [-0.2, -0.15) is 0 Å². The molecule has 0 radical (unpaired) electrons. The lowest BCUT2D eigenvalue weighted by Crippen LogP contribution is -2.30. The number of esters is 4. The van der Waals surface area contributed by atoms with Gasteiger partial charge in [0, 0.05) is 25.7 Å². The van der Waals surface area contributed by atoms with Crippen molar-refractivity contribution >= 4 is 39.5 Å². The molecule has 0 aliphatic carbocycles. The standard InChI is InChI=1S/C76H148O17P2/c1-9-69(8)55-47-39-34-35-43-51-59-76(81)93-72(63-86-73(78)56-48-40-31-25-21-17-14-13-16-20-24-29-37-45-53-67(4)5)65-91-95(84,85)89-61-70(77)60-88-94(82,83)90-64-71(62-87-74(79)57-49-41-33-27-30-38-46-54-68(6)7)92-75(80)58-50-42-32-26-22-18-12-10-11-15-19-23-28-36-44-52-66(2)3/h66-72,77H,9-65H2,1-8H3,(H,82,83)(H,84,85)/t69?,70?,71-,72-/m1/s1. The molecule has 0 aromatic carbocycles. The van der Waals surface area contributed by atoms with Gasteiger partial charge in [0.25, 0.3) is 0 Å². The van der Waals surface area contributed by atoms with Crippen molar-refractivity contribution in [1.82, 2.24) is 0 Å². The average Bonchev–Trinajstić information content (AvgIpc) is 1.64. The van der Waals surface area contributed by atoms with Crippen LogP contribution in [0.5, 0.6) is 0 Å². The van der Waals surface area contributed by atoms with Crippen molar-refractivity contribution in [3.05, 3.63) is 0 Å². The molecule has 564 valence electrons. The average molecular weight is 1400 g/mol. The summed E-state index contributed by atoms with van der Waals surface area (Å²) in [4.78, 5) is 72.8. The van der Waals surface area contributed by atoms with E-state index >= 15 is 0 Å². The highest BCUT2D eigenvalue weighted by Gasteiger charge is 2.30. The van der Waals surface area contributed by atoms with Crippen LogP contribution in [0.1, 0.15) is 383 Å². The Hall–Kier alpha value is -1.94. The van der Waals surface area contributed by atoms with Crippen LogP contribution in [0, 0.1) is 23.7 Å². The number of hydrogen-bond donors (Lipinski definition) is 3. The van der Waals surface area contributed by atoms with Gasteiger partial charge in [0.1, 0.15) is 19.3 Å². The van der Waals surface area contributed by atoms with E-state index in [1.807, 2.05) is 0 Å². The van der Waals surface area contributed by atoms with Crippen LogP contribution in [-0.4, -0.2) is 96.7 Å². The van der Waals surface area contributed by atoms with E-state index in [4.69, 9.17) is 37.0 Å². The normalized spacial score (nSPS) is 14.4. The Morgan fingerprint density at radius 1 is 0.295 bits per heavy atom. The molecule has 19 heteroatoms. The molecule has 0 rings (SSSR count). The van der Waals surface area contributed by atoms with E-state index < -0.39 is 97.5 Å². The molecule has 0 aliphatic rings. The molecule has 0 aromatic heterocycles. The number of hydrogen-bond acceptors (Lipinski definition) is 15. The summed E-state index contributed by atoms with van der Waals surface area (Å²) in [6, 6.07) is 0. The first kappa shape index (κ1) is 93.1. The zero-order valence-electron chi connectivity index (χ0n) is 62.3. The Kier molecular flexibility index (Phi) is 64.0. The molecule has 3 N–H and O–H groups in total. The fourth-order valence-corrected chi connectivity index (χ4v) is 13.1. The molecule has 0 spiro atoms. The van der Waals surface area contributed by atoms with E-state index in [0.717, 1.165) is 114 Å². The number of unbranched alkanes of at least 4 members (excludes halogenated alkanes) is 38. The summed E-state index contributed by atoms with van der Waals surface area (Å²) < 4.78 is 68.5. The summed E-state index contributed by atoms with van der Waals surface area (Å²) in [5.74, 6) is 0.902. The second-order valence-electron chi connectivity index (χ2n) is 29.1. The third-order valence-electron chi connectivity index (χ3n) is 17.9. The number of aliphatic hydroxyl groups is 1. The number of ether oxygens (including phenoxy) is 4. The van der Waals surface area contributed by atoms with Crippen LogP contribution < -0.4 is 0 Å². The molecule has 0 heterocycles. The maximum absolute atomic E-state index is 13.1. The van der Waals surface area contributed by atoms with E-state index in [2.05, 4.69) is 55.4 Å². The van der Waals surface area contributed by atoms with E-state index in [9.17, 15) is 43.2 Å². The highest BCUT2D eigenvalue weighted by Crippen LogP contribution is 2.45. The number of phosphoric acid groups is 2. The van der Waals surface area contributed by atoms with Gasteiger partial charge < -0.3 is 33.8 Å². The highest BCUT2D eigenvalue weighted by atomic mass is 31.2. The molecule has 6 atom stereocenters. The Labute approximate surface area is 581 Å². The van der Waals surface area contributed by atoms with Crippen molar-refractivity contribution < 1.29 is 80.2 Å². The minimum absolute atomic E-state index is 0.103. The molecule has 0 amide bonds. The Balaban J connectivity index is 5.19. The summed E-state index contributed by atoms with van der Waals surface area (Å²) >= 11 is 0. The first-order valence-electron chi connectivity index (χ1n) is 39.2. The maximum atomic E-state index is 13.1. The van der Waals surface area contributed by atoms with Crippen molar-refractivity contribution in [3.8, 4) is 0 Å². The summed E-state index contributed by atoms with van der Waals surface area (Å²) in [5, 5.41) is 10.6. The smallest absolute Gasteiger partial charge is 0.462 e. The van der Waals surface area contributed by atoms with Crippen molar-refractivity contribution in [1.29, 1.82) is 0 Å². The van der Waals surface area contributed by atoms with Crippen molar-refractivity contribution in [2.45, 2.75) is 401 Å². The maximum Gasteiger partial charge on any atom is 0.472 e. The van der Waals surface area contributed by atoms with Crippen LogP contribution in [0.15, 0.2) is 0 Å². The zero-order valence-corrected chi connectivity index (χ0v) is 64.1. The fourth-order valence-electron chi connectivity index (χ4n) is 11.5. The second kappa shape index (κ2) is 65.4. The topological polar surface area (TPSA) is 237 Å². The van der Waals surface area contributed by atoms with Crippen LogP contribution >= 0.6 is 15.6 Å². The third-order valence-corrected chi connectivity index (χ3v) is 19.8. The molecule has 0 aliphatic heterocycles. The van der Waals surface area contributed by atoms with Gasteiger partial charge in [0.2, 0.25) is 0 Å². The summed E-state index contributed by atoms with van der Waals surface area (Å²) in [6.45, 7) is 14.1. The quantitative estimate of drug-likeness (QED) is 0.0222. The molecule has 4 unspecified atom stereocenters. The first-order chi connectivity index (χ1) is 45.6. The third kappa shape index (κ3) is 69.0. The predicted molar refractivity (Wildman–Crippen MR) is 386 cm³/mol. The predicted octanol–water partition coefficient (Wildman–Crippen LogP) is 22.0. The van der Waals surface area contributed by atoms with E-state index in [1.165, 1.54) is 180 Å². The summed E-state index contributed by atoms with van der Waals surface area (Å²) in [6.07, 6.45) is 50.1. The lowest BCUT2D eigenvalue weighted by molar-refractivity contribution is -0.161. The van der Waals surface area contributed by atoms with Gasteiger partial charge in [0.15, 0.2) is 12.2 Å². The van der Waals surface area contributed by atoms with Gasteiger partial charge in [-0.3, -0.25) is 37.3 Å². The van der Waals surface area contributed by atoms with Crippen molar-refractivity contribution in [2.24, 2.45) is 23.7 Å². The molecular weight excluding hydrogens is 1250 g/mol. The Morgan fingerprint density at radius 3 is 0.747 bits per heavy atom. The van der Waals surface area contributed by atoms with Crippen LogP contribution in [0.4, 0.5) is 0 Å². The molecular formula is C76H148O17P2. The zero-order chi connectivity index (χ0) is 70.3. The van der Waals surface area contributed by atoms with Gasteiger partial charge in [-0.05, 0) is 49.4 Å². The van der Waals surface area contributed by atoms with Gasteiger partial charge >= 0.3 is 39.5 Å². The second-order valence-corrected chi connectivity index (χ2v) is 32.0. The van der Waals surface area contributed by atoms with E-state index in [0.29, 0.717) is 31.6 Å². The Morgan fingerprint density at radius 2 is 0.505 bits per heavy atom. The number of phosphoric ester groups is 2.